The highest BCUT2D eigenvalue weighted by molar-refractivity contribution is 6.04. The third-order valence-corrected chi connectivity index (χ3v) is 5.08. The standard InChI is InChI=1S/C25H23F3N2O3/c1-16-5-3-8-22(17(16)2)30-24(32)19-9-11-21(12-10-19)33-15-23(31)29-14-18-6-4-7-20(13-18)25(26,27)28/h3-13H,14-15H2,1-2H3,(H,29,31)(H,30,32). The van der Waals surface area contributed by atoms with E-state index in [1.165, 1.54) is 12.1 Å². The molecule has 2 amide bonds. The molecule has 0 aliphatic rings. The predicted octanol–water partition coefficient (Wildman–Crippen LogP) is 5.27. The van der Waals surface area contributed by atoms with Gasteiger partial charge in [-0.15, -0.1) is 0 Å². The molecule has 0 aliphatic heterocycles. The van der Waals surface area contributed by atoms with E-state index in [2.05, 4.69) is 10.6 Å². The van der Waals surface area contributed by atoms with Crippen molar-refractivity contribution < 1.29 is 27.5 Å². The summed E-state index contributed by atoms with van der Waals surface area (Å²) in [5.74, 6) is -0.370. The van der Waals surface area contributed by atoms with Crippen LogP contribution in [0.5, 0.6) is 5.75 Å². The Labute approximate surface area is 189 Å². The van der Waals surface area contributed by atoms with Crippen molar-refractivity contribution in [1.29, 1.82) is 0 Å². The first-order valence-electron chi connectivity index (χ1n) is 10.2. The van der Waals surface area contributed by atoms with Crippen LogP contribution in [0.1, 0.15) is 32.6 Å². The third-order valence-electron chi connectivity index (χ3n) is 5.08. The fourth-order valence-corrected chi connectivity index (χ4v) is 3.04. The molecule has 8 heteroatoms. The highest BCUT2D eigenvalue weighted by atomic mass is 19.4. The number of benzene rings is 3. The molecule has 0 bridgehead atoms. The van der Waals surface area contributed by atoms with Gasteiger partial charge >= 0.3 is 6.18 Å². The predicted molar refractivity (Wildman–Crippen MR) is 119 cm³/mol. The lowest BCUT2D eigenvalue weighted by Gasteiger charge is -2.11. The number of aryl methyl sites for hydroxylation is 1. The molecule has 33 heavy (non-hydrogen) atoms. The first kappa shape index (κ1) is 23.8. The zero-order valence-electron chi connectivity index (χ0n) is 18.1. The average Bonchev–Trinajstić information content (AvgIpc) is 2.79. The molecule has 0 atom stereocenters. The Bertz CT molecular complexity index is 1140. The van der Waals surface area contributed by atoms with Gasteiger partial charge in [0.25, 0.3) is 11.8 Å². The number of alkyl halides is 3. The van der Waals surface area contributed by atoms with Crippen LogP contribution in [0.3, 0.4) is 0 Å². The summed E-state index contributed by atoms with van der Waals surface area (Å²) in [4.78, 5) is 24.5. The summed E-state index contributed by atoms with van der Waals surface area (Å²) in [5, 5.41) is 5.39. The maximum Gasteiger partial charge on any atom is 0.416 e. The van der Waals surface area contributed by atoms with Crippen molar-refractivity contribution in [1.82, 2.24) is 5.32 Å². The van der Waals surface area contributed by atoms with Gasteiger partial charge in [0.1, 0.15) is 5.75 Å². The second kappa shape index (κ2) is 10.2. The average molecular weight is 456 g/mol. The van der Waals surface area contributed by atoms with Crippen molar-refractivity contribution in [3.63, 3.8) is 0 Å². The van der Waals surface area contributed by atoms with Crippen LogP contribution in [0, 0.1) is 13.8 Å². The van der Waals surface area contributed by atoms with Gasteiger partial charge in [-0.2, -0.15) is 13.2 Å². The Kier molecular flexibility index (Phi) is 7.37. The van der Waals surface area contributed by atoms with E-state index in [-0.39, 0.29) is 19.1 Å². The van der Waals surface area contributed by atoms with Crippen LogP contribution in [0.2, 0.25) is 0 Å². The maximum absolute atomic E-state index is 12.8. The van der Waals surface area contributed by atoms with Crippen LogP contribution in [-0.2, 0) is 17.5 Å². The molecule has 5 nitrogen and oxygen atoms in total. The van der Waals surface area contributed by atoms with Gasteiger partial charge < -0.3 is 15.4 Å². The summed E-state index contributed by atoms with van der Waals surface area (Å²) < 4.78 is 43.7. The summed E-state index contributed by atoms with van der Waals surface area (Å²) in [6, 6.07) is 16.7. The van der Waals surface area contributed by atoms with E-state index < -0.39 is 17.6 Å². The van der Waals surface area contributed by atoms with E-state index >= 15 is 0 Å². The van der Waals surface area contributed by atoms with Crippen molar-refractivity contribution in [2.45, 2.75) is 26.6 Å². The van der Waals surface area contributed by atoms with Gasteiger partial charge in [-0.1, -0.05) is 24.3 Å². The third kappa shape index (κ3) is 6.58. The van der Waals surface area contributed by atoms with Crippen molar-refractivity contribution in [3.8, 4) is 5.75 Å². The first-order chi connectivity index (χ1) is 15.6. The van der Waals surface area contributed by atoms with Crippen molar-refractivity contribution in [2.75, 3.05) is 11.9 Å². The van der Waals surface area contributed by atoms with Crippen LogP contribution >= 0.6 is 0 Å². The second-order valence-corrected chi connectivity index (χ2v) is 7.49. The van der Waals surface area contributed by atoms with Crippen LogP contribution in [-0.4, -0.2) is 18.4 Å². The lowest BCUT2D eigenvalue weighted by Crippen LogP contribution is -2.28. The number of carbonyl (C=O) groups excluding carboxylic acids is 2. The Morgan fingerprint density at radius 1 is 0.939 bits per heavy atom. The molecule has 3 rings (SSSR count). The van der Waals surface area contributed by atoms with Gasteiger partial charge in [0.2, 0.25) is 0 Å². The van der Waals surface area contributed by atoms with Crippen molar-refractivity contribution >= 4 is 17.5 Å². The van der Waals surface area contributed by atoms with E-state index in [0.717, 1.165) is 28.9 Å². The SMILES string of the molecule is Cc1cccc(NC(=O)c2ccc(OCC(=O)NCc3cccc(C(F)(F)F)c3)cc2)c1C. The summed E-state index contributed by atoms with van der Waals surface area (Å²) in [6.45, 7) is 3.53. The lowest BCUT2D eigenvalue weighted by atomic mass is 10.1. The molecule has 0 saturated carbocycles. The number of hydrogen-bond donors (Lipinski definition) is 2. The number of nitrogens with one attached hydrogen (secondary N) is 2. The van der Waals surface area contributed by atoms with Crippen LogP contribution in [0.15, 0.2) is 66.7 Å². The minimum atomic E-state index is -4.44. The van der Waals surface area contributed by atoms with E-state index in [4.69, 9.17) is 4.74 Å². The molecule has 3 aromatic carbocycles. The van der Waals surface area contributed by atoms with Gasteiger partial charge in [-0.05, 0) is 73.0 Å². The highest BCUT2D eigenvalue weighted by Gasteiger charge is 2.30. The number of carbonyl (C=O) groups is 2. The molecule has 0 spiro atoms. The van der Waals surface area contributed by atoms with Gasteiger partial charge in [0, 0.05) is 17.8 Å². The Morgan fingerprint density at radius 3 is 2.33 bits per heavy atom. The molecular formula is C25H23F3N2O3. The minimum Gasteiger partial charge on any atom is -0.484 e. The maximum atomic E-state index is 12.8. The van der Waals surface area contributed by atoms with E-state index in [0.29, 0.717) is 16.9 Å². The highest BCUT2D eigenvalue weighted by Crippen LogP contribution is 2.29. The van der Waals surface area contributed by atoms with E-state index in [1.54, 1.807) is 24.3 Å². The molecule has 172 valence electrons. The second-order valence-electron chi connectivity index (χ2n) is 7.49. The summed E-state index contributed by atoms with van der Waals surface area (Å²) in [5.41, 5.74) is 2.78. The van der Waals surface area contributed by atoms with Crippen LogP contribution in [0.25, 0.3) is 0 Å². The van der Waals surface area contributed by atoms with Crippen LogP contribution in [0.4, 0.5) is 18.9 Å². The quantitative estimate of drug-likeness (QED) is 0.509. The van der Waals surface area contributed by atoms with Gasteiger partial charge in [0.15, 0.2) is 6.61 Å². The molecule has 0 unspecified atom stereocenters. The van der Waals surface area contributed by atoms with Gasteiger partial charge in [-0.3, -0.25) is 9.59 Å². The number of anilines is 1. The zero-order chi connectivity index (χ0) is 24.0. The number of amides is 2. The van der Waals surface area contributed by atoms with Crippen molar-refractivity contribution in [3.05, 3.63) is 94.5 Å². The Balaban J connectivity index is 1.49. The summed E-state index contributed by atoms with van der Waals surface area (Å²) >= 11 is 0. The molecule has 0 radical (unpaired) electrons. The largest absolute Gasteiger partial charge is 0.484 e. The number of hydrogen-bond acceptors (Lipinski definition) is 3. The summed E-state index contributed by atoms with van der Waals surface area (Å²) in [6.07, 6.45) is -4.44. The molecule has 0 fully saturated rings. The van der Waals surface area contributed by atoms with Crippen molar-refractivity contribution in [2.24, 2.45) is 0 Å². The monoisotopic (exact) mass is 456 g/mol. The normalized spacial score (nSPS) is 11.1. The van der Waals surface area contributed by atoms with E-state index in [9.17, 15) is 22.8 Å². The molecule has 2 N–H and O–H groups in total. The topological polar surface area (TPSA) is 67.4 Å². The molecule has 0 heterocycles. The van der Waals surface area contributed by atoms with Gasteiger partial charge in [-0.25, -0.2) is 0 Å². The fourth-order valence-electron chi connectivity index (χ4n) is 3.04. The molecule has 0 aliphatic carbocycles. The first-order valence-corrected chi connectivity index (χ1v) is 10.2. The van der Waals surface area contributed by atoms with Crippen LogP contribution < -0.4 is 15.4 Å². The number of halogens is 3. The Morgan fingerprint density at radius 2 is 1.64 bits per heavy atom. The van der Waals surface area contributed by atoms with Gasteiger partial charge in [0.05, 0.1) is 5.56 Å². The molecule has 0 saturated heterocycles. The molecular weight excluding hydrogens is 433 g/mol. The fraction of sp³-hybridized carbons (Fsp3) is 0.200. The number of ether oxygens (including phenoxy) is 1. The van der Waals surface area contributed by atoms with E-state index in [1.807, 2.05) is 32.0 Å². The summed E-state index contributed by atoms with van der Waals surface area (Å²) in [7, 11) is 0. The zero-order valence-corrected chi connectivity index (χ0v) is 18.1. The smallest absolute Gasteiger partial charge is 0.416 e. The Hall–Kier alpha value is -3.81. The number of rotatable bonds is 7. The molecule has 3 aromatic rings. The molecule has 0 aromatic heterocycles. The minimum absolute atomic E-state index is 0.0520. The lowest BCUT2D eigenvalue weighted by molar-refractivity contribution is -0.137.